The number of aromatic hydroxyl groups is 1. The lowest BCUT2D eigenvalue weighted by atomic mass is 9.91. The van der Waals surface area contributed by atoms with E-state index in [1.807, 2.05) is 69.3 Å². The van der Waals surface area contributed by atoms with Gasteiger partial charge < -0.3 is 18.4 Å². The van der Waals surface area contributed by atoms with Crippen molar-refractivity contribution in [1.82, 2.24) is 0 Å². The van der Waals surface area contributed by atoms with Crippen molar-refractivity contribution in [3.8, 4) is 5.75 Å². The van der Waals surface area contributed by atoms with E-state index in [2.05, 4.69) is 0 Å². The number of carbonyl (C=O) groups excluding carboxylic acids is 3. The fourth-order valence-electron chi connectivity index (χ4n) is 3.29. The second-order valence-electron chi connectivity index (χ2n) is 8.96. The molecular formula is C26H30O7Si3. The van der Waals surface area contributed by atoms with Gasteiger partial charge in [-0.2, -0.15) is 0 Å². The van der Waals surface area contributed by atoms with Crippen molar-refractivity contribution < 1.29 is 32.8 Å². The highest BCUT2D eigenvalue weighted by Gasteiger charge is 2.52. The molecule has 0 saturated heterocycles. The monoisotopic (exact) mass is 538 g/mol. The largest absolute Gasteiger partial charge is 0.519 e. The Morgan fingerprint density at radius 1 is 0.639 bits per heavy atom. The maximum Gasteiger partial charge on any atom is 0.321 e. The molecule has 0 radical (unpaired) electrons. The highest BCUT2D eigenvalue weighted by Crippen LogP contribution is 2.23. The molecule has 1 N–H and O–H groups in total. The number of carbonyl (C=O) groups is 3. The van der Waals surface area contributed by atoms with Crippen LogP contribution in [-0.4, -0.2) is 52.3 Å². The zero-order chi connectivity index (χ0) is 26.3. The molecule has 3 rings (SSSR count). The van der Waals surface area contributed by atoms with Crippen molar-refractivity contribution in [3.63, 3.8) is 0 Å². The molecule has 36 heavy (non-hydrogen) atoms. The molecule has 0 aromatic heterocycles. The maximum atomic E-state index is 13.2. The summed E-state index contributed by atoms with van der Waals surface area (Å²) in [5.74, 6) is -2.98. The van der Waals surface area contributed by atoms with Crippen LogP contribution in [0.2, 0.25) is 0 Å². The Labute approximate surface area is 217 Å². The predicted octanol–water partition coefficient (Wildman–Crippen LogP) is -0.519. The van der Waals surface area contributed by atoms with Gasteiger partial charge in [0.2, 0.25) is 0 Å². The van der Waals surface area contributed by atoms with Gasteiger partial charge in [-0.15, -0.1) is 0 Å². The third kappa shape index (κ3) is 6.80. The molecule has 10 heteroatoms. The Hall–Kier alpha value is -3.48. The number of phenolic OH excluding ortho intramolecular Hbond substituents is 1. The van der Waals surface area contributed by atoms with Crippen molar-refractivity contribution in [1.29, 1.82) is 0 Å². The molecule has 0 spiro atoms. The lowest BCUT2D eigenvalue weighted by Crippen LogP contribution is -2.49. The normalized spacial score (nSPS) is 13.3. The standard InChI is InChI=1S/C26H30O7Si3/c1-16-5-10-19(11-6-16)34-31-23(28)26(4,24(29)32-35-20-12-7-17(2)8-13-20)25(30)33-36-22-14-9-18(3)15-21(22)27/h5-15,27H,34-36H2,1-4H3. The van der Waals surface area contributed by atoms with Gasteiger partial charge in [-0.05, 0) is 49.7 Å². The van der Waals surface area contributed by atoms with Crippen LogP contribution < -0.4 is 15.6 Å². The van der Waals surface area contributed by atoms with Crippen molar-refractivity contribution in [2.45, 2.75) is 27.7 Å². The van der Waals surface area contributed by atoms with Crippen LogP contribution in [0.3, 0.4) is 0 Å². The van der Waals surface area contributed by atoms with E-state index in [0.29, 0.717) is 5.19 Å². The van der Waals surface area contributed by atoms with E-state index < -0.39 is 52.6 Å². The van der Waals surface area contributed by atoms with Crippen LogP contribution >= 0.6 is 0 Å². The van der Waals surface area contributed by atoms with Crippen LogP contribution in [0.15, 0.2) is 66.7 Å². The van der Waals surface area contributed by atoms with Crippen molar-refractivity contribution in [2.75, 3.05) is 0 Å². The van der Waals surface area contributed by atoms with Crippen molar-refractivity contribution in [2.24, 2.45) is 5.41 Å². The van der Waals surface area contributed by atoms with Gasteiger partial charge in [0, 0.05) is 5.19 Å². The summed E-state index contributed by atoms with van der Waals surface area (Å²) in [6, 6.07) is 20.1. The van der Waals surface area contributed by atoms with E-state index >= 15 is 0 Å². The summed E-state index contributed by atoms with van der Waals surface area (Å²) in [4.78, 5) is 39.5. The first-order valence-corrected chi connectivity index (χ1v) is 15.4. The number of rotatable bonds is 9. The molecule has 7 nitrogen and oxygen atoms in total. The molecule has 0 fully saturated rings. The van der Waals surface area contributed by atoms with Crippen LogP contribution in [-0.2, 0) is 27.7 Å². The van der Waals surface area contributed by atoms with E-state index in [0.717, 1.165) is 27.1 Å². The van der Waals surface area contributed by atoms with Gasteiger partial charge in [-0.3, -0.25) is 14.4 Å². The summed E-state index contributed by atoms with van der Waals surface area (Å²) >= 11 is 0. The molecule has 0 aliphatic carbocycles. The quantitative estimate of drug-likeness (QED) is 0.289. The van der Waals surface area contributed by atoms with Gasteiger partial charge >= 0.3 is 17.9 Å². The molecule has 0 bridgehead atoms. The summed E-state index contributed by atoms with van der Waals surface area (Å²) in [5, 5.41) is 12.3. The number of hydrogen-bond donors (Lipinski definition) is 1. The Kier molecular flexibility index (Phi) is 9.02. The average molecular weight is 539 g/mol. The molecule has 188 valence electrons. The topological polar surface area (TPSA) is 99.1 Å². The number of phenols is 1. The first kappa shape index (κ1) is 27.1. The van der Waals surface area contributed by atoms with Crippen molar-refractivity contribution in [3.05, 3.63) is 83.4 Å². The summed E-state index contributed by atoms with van der Waals surface area (Å²) in [7, 11) is -4.87. The van der Waals surface area contributed by atoms with E-state index in [-0.39, 0.29) is 5.75 Å². The molecule has 0 saturated carbocycles. The molecule has 3 aromatic rings. The van der Waals surface area contributed by atoms with Gasteiger partial charge in [0.15, 0.2) is 0 Å². The summed E-state index contributed by atoms with van der Waals surface area (Å²) in [6.45, 7) is 6.93. The molecule has 0 aliphatic heterocycles. The maximum absolute atomic E-state index is 13.2. The minimum atomic E-state index is -2.26. The van der Waals surface area contributed by atoms with E-state index in [4.69, 9.17) is 13.3 Å². The SMILES string of the molecule is Cc1ccc([SiH2]OC(=O)C(C)(C(=O)O[SiH2]c2ccc(C)cc2)C(=O)O[SiH2]c2ccc(C)cc2O)cc1. The second-order valence-corrected chi connectivity index (χ2v) is 13.1. The minimum Gasteiger partial charge on any atom is -0.519 e. The van der Waals surface area contributed by atoms with Gasteiger partial charge in [-0.1, -0.05) is 71.8 Å². The van der Waals surface area contributed by atoms with Gasteiger partial charge in [0.25, 0.3) is 34.7 Å². The molecule has 0 aliphatic rings. The Morgan fingerprint density at radius 2 is 1.03 bits per heavy atom. The zero-order valence-corrected chi connectivity index (χ0v) is 25.1. The van der Waals surface area contributed by atoms with Gasteiger partial charge in [-0.25, -0.2) is 0 Å². The van der Waals surface area contributed by atoms with Crippen LogP contribution in [0.25, 0.3) is 0 Å². The van der Waals surface area contributed by atoms with Gasteiger partial charge in [0.1, 0.15) is 5.75 Å². The smallest absolute Gasteiger partial charge is 0.321 e. The summed E-state index contributed by atoms with van der Waals surface area (Å²) < 4.78 is 16.5. The minimum absolute atomic E-state index is 0.0138. The zero-order valence-electron chi connectivity index (χ0n) is 20.9. The molecule has 0 atom stereocenters. The van der Waals surface area contributed by atoms with Crippen LogP contribution in [0.4, 0.5) is 0 Å². The van der Waals surface area contributed by atoms with E-state index in [1.165, 1.54) is 6.92 Å². The molecule has 3 aromatic carbocycles. The molecule has 0 amide bonds. The number of aryl methyl sites for hydroxylation is 3. The molecule has 0 heterocycles. The van der Waals surface area contributed by atoms with Crippen LogP contribution in [0.5, 0.6) is 5.75 Å². The lowest BCUT2D eigenvalue weighted by Gasteiger charge is -2.25. The van der Waals surface area contributed by atoms with E-state index in [1.54, 1.807) is 18.2 Å². The number of benzene rings is 3. The predicted molar refractivity (Wildman–Crippen MR) is 146 cm³/mol. The molecular weight excluding hydrogens is 509 g/mol. The van der Waals surface area contributed by atoms with E-state index in [9.17, 15) is 19.5 Å². The lowest BCUT2D eigenvalue weighted by molar-refractivity contribution is -0.170. The summed E-state index contributed by atoms with van der Waals surface area (Å²) in [6.07, 6.45) is 0. The first-order chi connectivity index (χ1) is 17.1. The Bertz CT molecular complexity index is 1180. The summed E-state index contributed by atoms with van der Waals surface area (Å²) in [5.41, 5.74) is 0.738. The molecule has 0 unspecified atom stereocenters. The van der Waals surface area contributed by atoms with Gasteiger partial charge in [0.05, 0.1) is 0 Å². The van der Waals surface area contributed by atoms with Crippen molar-refractivity contribution >= 4 is 62.8 Å². The highest BCUT2D eigenvalue weighted by molar-refractivity contribution is 6.53. The highest BCUT2D eigenvalue weighted by atomic mass is 28.2. The fraction of sp³-hybridized carbons (Fsp3) is 0.192. The third-order valence-corrected chi connectivity index (χ3v) is 9.54. The fourth-order valence-corrected chi connectivity index (χ4v) is 6.36. The Balaban J connectivity index is 1.77. The third-order valence-electron chi connectivity index (χ3n) is 5.81. The Morgan fingerprint density at radius 3 is 1.44 bits per heavy atom. The average Bonchev–Trinajstić information content (AvgIpc) is 2.86. The first-order valence-electron chi connectivity index (χ1n) is 11.5. The van der Waals surface area contributed by atoms with Crippen LogP contribution in [0, 0.1) is 26.2 Å². The van der Waals surface area contributed by atoms with Crippen LogP contribution in [0.1, 0.15) is 23.6 Å². The number of hydrogen-bond acceptors (Lipinski definition) is 7. The second kappa shape index (κ2) is 12.0.